The van der Waals surface area contributed by atoms with Crippen LogP contribution in [0, 0.1) is 11.8 Å². The molecule has 0 aromatic heterocycles. The number of carboxylic acid groups (broad SMARTS) is 1. The van der Waals surface area contributed by atoms with Gasteiger partial charge in [0.1, 0.15) is 0 Å². The minimum atomic E-state index is -0.984. The summed E-state index contributed by atoms with van der Waals surface area (Å²) in [5.74, 6) is -2.95. The van der Waals surface area contributed by atoms with E-state index < -0.39 is 17.8 Å². The van der Waals surface area contributed by atoms with Crippen LogP contribution in [-0.4, -0.2) is 54.0 Å². The lowest BCUT2D eigenvalue weighted by Crippen LogP contribution is -2.49. The fourth-order valence-electron chi connectivity index (χ4n) is 4.37. The highest BCUT2D eigenvalue weighted by atomic mass is 35.5. The van der Waals surface area contributed by atoms with Crippen LogP contribution in [0.5, 0.6) is 0 Å². The van der Waals surface area contributed by atoms with E-state index >= 15 is 0 Å². The van der Waals surface area contributed by atoms with E-state index in [9.17, 15) is 19.5 Å². The number of halogens is 1. The molecule has 2 aromatic carbocycles. The zero-order valence-corrected chi connectivity index (χ0v) is 18.9. The van der Waals surface area contributed by atoms with E-state index in [-0.39, 0.29) is 11.8 Å². The van der Waals surface area contributed by atoms with Gasteiger partial charge in [0.2, 0.25) is 5.91 Å². The highest BCUT2D eigenvalue weighted by Gasteiger charge is 2.34. The molecule has 7 nitrogen and oxygen atoms in total. The topological polar surface area (TPSA) is 89.9 Å². The third-order valence-corrected chi connectivity index (χ3v) is 6.51. The molecule has 1 aliphatic heterocycles. The number of nitrogens with zero attached hydrogens (tertiary/aromatic N) is 2. The molecule has 2 N–H and O–H groups in total. The van der Waals surface area contributed by atoms with Crippen LogP contribution < -0.4 is 10.2 Å². The maximum absolute atomic E-state index is 13.3. The van der Waals surface area contributed by atoms with Crippen LogP contribution in [-0.2, 0) is 9.59 Å². The van der Waals surface area contributed by atoms with Crippen molar-refractivity contribution in [2.75, 3.05) is 36.4 Å². The highest BCUT2D eigenvalue weighted by Crippen LogP contribution is 2.28. The van der Waals surface area contributed by atoms with Crippen LogP contribution in [0.1, 0.15) is 23.2 Å². The van der Waals surface area contributed by atoms with E-state index in [2.05, 4.69) is 10.2 Å². The number of rotatable bonds is 5. The van der Waals surface area contributed by atoms with Gasteiger partial charge in [-0.2, -0.15) is 0 Å². The average molecular weight is 468 g/mol. The Hall–Kier alpha value is -3.32. The van der Waals surface area contributed by atoms with E-state index in [0.29, 0.717) is 55.3 Å². The second-order valence-electron chi connectivity index (χ2n) is 8.28. The molecule has 33 heavy (non-hydrogen) atoms. The average Bonchev–Trinajstić information content (AvgIpc) is 2.84. The van der Waals surface area contributed by atoms with Crippen LogP contribution in [0.2, 0.25) is 5.02 Å². The van der Waals surface area contributed by atoms with E-state index in [4.69, 9.17) is 11.6 Å². The number of aliphatic carboxylic acids is 1. The first-order valence-electron chi connectivity index (χ1n) is 11.0. The number of hydrogen-bond donors (Lipinski definition) is 2. The van der Waals surface area contributed by atoms with Crippen molar-refractivity contribution in [3.63, 3.8) is 0 Å². The third-order valence-electron chi connectivity index (χ3n) is 6.26. The Balaban J connectivity index is 1.43. The van der Waals surface area contributed by atoms with Gasteiger partial charge in [0.25, 0.3) is 5.91 Å². The number of allylic oxidation sites excluding steroid dienone is 2. The fraction of sp³-hybridized carbons (Fsp3) is 0.320. The SMILES string of the molecule is O=C(O)[C@H]1CC=CC[C@H]1C(=O)Nc1ccccc1C(=O)N1CCN(c2ccc(Cl)cc2)CC1. The van der Waals surface area contributed by atoms with Crippen molar-refractivity contribution >= 4 is 40.8 Å². The van der Waals surface area contributed by atoms with Crippen LogP contribution in [0.4, 0.5) is 11.4 Å². The van der Waals surface area contributed by atoms with Gasteiger partial charge in [0.05, 0.1) is 23.1 Å². The Morgan fingerprint density at radius 3 is 2.18 bits per heavy atom. The molecule has 0 unspecified atom stereocenters. The molecule has 2 aromatic rings. The number of benzene rings is 2. The smallest absolute Gasteiger partial charge is 0.307 e. The molecule has 4 rings (SSSR count). The molecule has 8 heteroatoms. The number of hydrogen-bond acceptors (Lipinski definition) is 4. The number of nitrogens with one attached hydrogen (secondary N) is 1. The molecule has 0 spiro atoms. The Labute approximate surface area is 197 Å². The predicted octanol–water partition coefficient (Wildman–Crippen LogP) is 3.91. The van der Waals surface area contributed by atoms with Crippen molar-refractivity contribution in [3.8, 4) is 0 Å². The molecule has 1 aliphatic carbocycles. The van der Waals surface area contributed by atoms with Gasteiger partial charge in [-0.15, -0.1) is 0 Å². The van der Waals surface area contributed by atoms with Gasteiger partial charge in [0.15, 0.2) is 0 Å². The molecule has 0 radical (unpaired) electrons. The standard InChI is InChI=1S/C25H26ClN3O4/c26-17-9-11-18(12-10-17)28-13-15-29(16-14-28)24(31)21-7-3-4-8-22(21)27-23(30)19-5-1-2-6-20(19)25(32)33/h1-4,7-12,19-20H,5-6,13-16H2,(H,27,30)(H,32,33)/t19-,20+/m1/s1. The lowest BCUT2D eigenvalue weighted by Gasteiger charge is -2.36. The second-order valence-corrected chi connectivity index (χ2v) is 8.72. The van der Waals surface area contributed by atoms with E-state index in [1.165, 1.54) is 0 Å². The molecule has 0 saturated carbocycles. The summed E-state index contributed by atoms with van der Waals surface area (Å²) in [7, 11) is 0. The van der Waals surface area contributed by atoms with Crippen molar-refractivity contribution in [2.24, 2.45) is 11.8 Å². The van der Waals surface area contributed by atoms with E-state index in [1.807, 2.05) is 30.3 Å². The van der Waals surface area contributed by atoms with Crippen LogP contribution >= 0.6 is 11.6 Å². The maximum Gasteiger partial charge on any atom is 0.307 e. The molecule has 2 amide bonds. The van der Waals surface area contributed by atoms with Crippen molar-refractivity contribution in [1.29, 1.82) is 0 Å². The van der Waals surface area contributed by atoms with Gasteiger partial charge in [-0.05, 0) is 49.2 Å². The first kappa shape index (κ1) is 22.9. The zero-order chi connectivity index (χ0) is 23.4. The monoisotopic (exact) mass is 467 g/mol. The summed E-state index contributed by atoms with van der Waals surface area (Å²) in [5.41, 5.74) is 1.88. The van der Waals surface area contributed by atoms with E-state index in [1.54, 1.807) is 35.2 Å². The third kappa shape index (κ3) is 5.20. The molecule has 2 aliphatic rings. The Bertz CT molecular complexity index is 1060. The molecule has 0 bridgehead atoms. The maximum atomic E-state index is 13.3. The summed E-state index contributed by atoms with van der Waals surface area (Å²) < 4.78 is 0. The Morgan fingerprint density at radius 2 is 1.52 bits per heavy atom. The first-order chi connectivity index (χ1) is 15.9. The predicted molar refractivity (Wildman–Crippen MR) is 128 cm³/mol. The van der Waals surface area contributed by atoms with Gasteiger partial charge in [0, 0.05) is 36.9 Å². The molecule has 2 atom stereocenters. The van der Waals surface area contributed by atoms with Gasteiger partial charge >= 0.3 is 5.97 Å². The first-order valence-corrected chi connectivity index (χ1v) is 11.4. The number of piperazine rings is 1. The van der Waals surface area contributed by atoms with Gasteiger partial charge in [-0.25, -0.2) is 0 Å². The summed E-state index contributed by atoms with van der Waals surface area (Å²) in [6, 6.07) is 14.5. The number of anilines is 2. The minimum absolute atomic E-state index is 0.153. The normalized spacial score (nSPS) is 20.4. The summed E-state index contributed by atoms with van der Waals surface area (Å²) in [4.78, 5) is 41.7. The summed E-state index contributed by atoms with van der Waals surface area (Å²) in [6.45, 7) is 2.49. The second kappa shape index (κ2) is 10.1. The van der Waals surface area contributed by atoms with Crippen LogP contribution in [0.25, 0.3) is 0 Å². The minimum Gasteiger partial charge on any atom is -0.481 e. The number of carbonyl (C=O) groups excluding carboxylic acids is 2. The van der Waals surface area contributed by atoms with Crippen molar-refractivity contribution < 1.29 is 19.5 Å². The van der Waals surface area contributed by atoms with Gasteiger partial charge < -0.3 is 20.2 Å². The molecule has 1 fully saturated rings. The van der Waals surface area contributed by atoms with E-state index in [0.717, 1.165) is 5.69 Å². The van der Waals surface area contributed by atoms with Crippen LogP contribution in [0.3, 0.4) is 0 Å². The van der Waals surface area contributed by atoms with Gasteiger partial charge in [-0.1, -0.05) is 35.9 Å². The fourth-order valence-corrected chi connectivity index (χ4v) is 4.50. The van der Waals surface area contributed by atoms with Crippen molar-refractivity contribution in [1.82, 2.24) is 4.90 Å². The molecular weight excluding hydrogens is 442 g/mol. The summed E-state index contributed by atoms with van der Waals surface area (Å²) in [6.07, 6.45) is 4.32. The number of carboxylic acids is 1. The summed E-state index contributed by atoms with van der Waals surface area (Å²) >= 11 is 5.97. The zero-order valence-electron chi connectivity index (χ0n) is 18.1. The van der Waals surface area contributed by atoms with Crippen molar-refractivity contribution in [3.05, 3.63) is 71.3 Å². The Morgan fingerprint density at radius 1 is 0.879 bits per heavy atom. The molecule has 1 saturated heterocycles. The number of amides is 2. The summed E-state index contributed by atoms with van der Waals surface area (Å²) in [5, 5.41) is 13.0. The molecule has 172 valence electrons. The van der Waals surface area contributed by atoms with Gasteiger partial charge in [-0.3, -0.25) is 14.4 Å². The quantitative estimate of drug-likeness (QED) is 0.651. The molecule has 1 heterocycles. The highest BCUT2D eigenvalue weighted by molar-refractivity contribution is 6.30. The Kier molecular flexibility index (Phi) is 6.99. The molecular formula is C25H26ClN3O4. The lowest BCUT2D eigenvalue weighted by molar-refractivity contribution is -0.146. The largest absolute Gasteiger partial charge is 0.481 e. The number of carbonyl (C=O) groups is 3. The lowest BCUT2D eigenvalue weighted by atomic mass is 9.82. The van der Waals surface area contributed by atoms with Crippen LogP contribution in [0.15, 0.2) is 60.7 Å². The van der Waals surface area contributed by atoms with Crippen molar-refractivity contribution in [2.45, 2.75) is 12.8 Å². The number of para-hydroxylation sites is 1.